The molecule has 0 saturated carbocycles. The summed E-state index contributed by atoms with van der Waals surface area (Å²) in [7, 11) is 0. The lowest BCUT2D eigenvalue weighted by molar-refractivity contribution is 0.105. The minimum atomic E-state index is -0.0900. The third-order valence-electron chi connectivity index (χ3n) is 1.77. The molecule has 1 rings (SSSR count). The maximum Gasteiger partial charge on any atom is 0.169 e. The Morgan fingerprint density at radius 3 is 2.93 bits per heavy atom. The van der Waals surface area contributed by atoms with Gasteiger partial charge in [-0.05, 0) is 34.5 Å². The molecule has 1 unspecified atom stereocenters. The molecular weight excluding hydrogens is 248 g/mol. The average molecular weight is 263 g/mol. The summed E-state index contributed by atoms with van der Waals surface area (Å²) in [5.41, 5.74) is 2.65. The van der Waals surface area contributed by atoms with E-state index in [-0.39, 0.29) is 6.04 Å². The predicted octanol–water partition coefficient (Wildman–Crippen LogP) is 1.97. The topological polar surface area (TPSA) is 60.4 Å². The molecule has 14 heavy (non-hydrogen) atoms. The van der Waals surface area contributed by atoms with E-state index in [1.807, 2.05) is 12.1 Å². The number of furan rings is 1. The molecule has 1 heterocycles. The van der Waals surface area contributed by atoms with Gasteiger partial charge in [-0.3, -0.25) is 5.84 Å². The Bertz CT molecular complexity index is 265. The van der Waals surface area contributed by atoms with Crippen molar-refractivity contribution in [1.29, 1.82) is 0 Å². The lowest BCUT2D eigenvalue weighted by Gasteiger charge is -2.12. The van der Waals surface area contributed by atoms with Gasteiger partial charge in [-0.25, -0.2) is 5.43 Å². The lowest BCUT2D eigenvalue weighted by Crippen LogP contribution is -2.31. The Labute approximate surface area is 91.9 Å². The van der Waals surface area contributed by atoms with Crippen molar-refractivity contribution >= 4 is 15.9 Å². The summed E-state index contributed by atoms with van der Waals surface area (Å²) in [5.74, 6) is 6.16. The number of ether oxygens (including phenoxy) is 1. The van der Waals surface area contributed by atoms with Gasteiger partial charge < -0.3 is 9.15 Å². The van der Waals surface area contributed by atoms with Crippen molar-refractivity contribution in [2.75, 3.05) is 13.2 Å². The van der Waals surface area contributed by atoms with Crippen LogP contribution < -0.4 is 11.3 Å². The second-order valence-electron chi connectivity index (χ2n) is 2.94. The van der Waals surface area contributed by atoms with Crippen molar-refractivity contribution in [3.8, 4) is 0 Å². The Morgan fingerprint density at radius 2 is 2.43 bits per heavy atom. The van der Waals surface area contributed by atoms with Crippen LogP contribution in [-0.2, 0) is 4.74 Å². The molecule has 0 aliphatic rings. The summed E-state index contributed by atoms with van der Waals surface area (Å²) in [6, 6.07) is 3.61. The van der Waals surface area contributed by atoms with Gasteiger partial charge in [0.05, 0.1) is 6.61 Å². The van der Waals surface area contributed by atoms with Crippen LogP contribution in [0.5, 0.6) is 0 Å². The summed E-state index contributed by atoms with van der Waals surface area (Å²) in [5, 5.41) is 0. The van der Waals surface area contributed by atoms with Gasteiger partial charge >= 0.3 is 0 Å². The second-order valence-corrected chi connectivity index (χ2v) is 3.72. The van der Waals surface area contributed by atoms with Crippen LogP contribution in [0.15, 0.2) is 21.2 Å². The highest BCUT2D eigenvalue weighted by Gasteiger charge is 2.13. The van der Waals surface area contributed by atoms with Gasteiger partial charge in [-0.1, -0.05) is 6.92 Å². The van der Waals surface area contributed by atoms with Gasteiger partial charge in [0, 0.05) is 6.61 Å². The zero-order valence-corrected chi connectivity index (χ0v) is 9.71. The molecule has 0 fully saturated rings. The molecule has 80 valence electrons. The number of nitrogens with two attached hydrogens (primary N) is 1. The lowest BCUT2D eigenvalue weighted by atomic mass is 10.2. The van der Waals surface area contributed by atoms with Gasteiger partial charge in [-0.2, -0.15) is 0 Å². The van der Waals surface area contributed by atoms with Gasteiger partial charge in [0.25, 0.3) is 0 Å². The van der Waals surface area contributed by atoms with E-state index in [4.69, 9.17) is 15.0 Å². The Morgan fingerprint density at radius 1 is 1.64 bits per heavy atom. The Balaban J connectivity index is 2.45. The fourth-order valence-corrected chi connectivity index (χ4v) is 1.39. The fourth-order valence-electron chi connectivity index (χ4n) is 1.07. The van der Waals surface area contributed by atoms with Gasteiger partial charge in [0.1, 0.15) is 11.8 Å². The molecule has 0 aliphatic carbocycles. The van der Waals surface area contributed by atoms with E-state index in [1.165, 1.54) is 0 Å². The average Bonchev–Trinajstić information content (AvgIpc) is 2.60. The first kappa shape index (κ1) is 11.7. The van der Waals surface area contributed by atoms with Crippen molar-refractivity contribution in [2.45, 2.75) is 19.4 Å². The molecule has 5 heteroatoms. The van der Waals surface area contributed by atoms with Gasteiger partial charge in [-0.15, -0.1) is 0 Å². The molecule has 3 N–H and O–H groups in total. The normalized spacial score (nSPS) is 13.1. The number of rotatable bonds is 6. The van der Waals surface area contributed by atoms with Crippen LogP contribution in [0, 0.1) is 0 Å². The quantitative estimate of drug-likeness (QED) is 0.468. The van der Waals surface area contributed by atoms with E-state index in [9.17, 15) is 0 Å². The van der Waals surface area contributed by atoms with Crippen LogP contribution in [0.3, 0.4) is 0 Å². The summed E-state index contributed by atoms with van der Waals surface area (Å²) in [4.78, 5) is 0. The Kier molecular flexibility index (Phi) is 5.17. The standard InChI is InChI=1S/C9H15BrN2O2/c1-2-5-13-6-7(12-11)8-3-4-9(10)14-8/h3-4,7,12H,2,5-6,11H2,1H3. The van der Waals surface area contributed by atoms with Gasteiger partial charge in [0.15, 0.2) is 4.67 Å². The third kappa shape index (κ3) is 3.42. The first-order chi connectivity index (χ1) is 6.77. The second kappa shape index (κ2) is 6.19. The Hall–Kier alpha value is -0.360. The molecular formula is C9H15BrN2O2. The zero-order chi connectivity index (χ0) is 10.4. The monoisotopic (exact) mass is 262 g/mol. The van der Waals surface area contributed by atoms with E-state index >= 15 is 0 Å². The molecule has 0 amide bonds. The highest BCUT2D eigenvalue weighted by Crippen LogP contribution is 2.20. The van der Waals surface area contributed by atoms with Crippen molar-refractivity contribution in [2.24, 2.45) is 5.84 Å². The summed E-state index contributed by atoms with van der Waals surface area (Å²) < 4.78 is 11.4. The highest BCUT2D eigenvalue weighted by molar-refractivity contribution is 9.10. The smallest absolute Gasteiger partial charge is 0.169 e. The van der Waals surface area contributed by atoms with Crippen molar-refractivity contribution in [1.82, 2.24) is 5.43 Å². The molecule has 0 aliphatic heterocycles. The summed E-state index contributed by atoms with van der Waals surface area (Å²) in [6.07, 6.45) is 0.999. The van der Waals surface area contributed by atoms with Crippen LogP contribution in [-0.4, -0.2) is 13.2 Å². The summed E-state index contributed by atoms with van der Waals surface area (Å²) in [6.45, 7) is 3.32. The van der Waals surface area contributed by atoms with Crippen LogP contribution in [0.4, 0.5) is 0 Å². The number of hydrogen-bond acceptors (Lipinski definition) is 4. The van der Waals surface area contributed by atoms with Crippen molar-refractivity contribution < 1.29 is 9.15 Å². The van der Waals surface area contributed by atoms with Crippen LogP contribution in [0.2, 0.25) is 0 Å². The highest BCUT2D eigenvalue weighted by atomic mass is 79.9. The fraction of sp³-hybridized carbons (Fsp3) is 0.556. The van der Waals surface area contributed by atoms with E-state index in [0.717, 1.165) is 18.8 Å². The molecule has 4 nitrogen and oxygen atoms in total. The molecule has 1 aromatic heterocycles. The largest absolute Gasteiger partial charge is 0.453 e. The number of hydrogen-bond donors (Lipinski definition) is 2. The minimum Gasteiger partial charge on any atom is -0.453 e. The van der Waals surface area contributed by atoms with Crippen LogP contribution >= 0.6 is 15.9 Å². The van der Waals surface area contributed by atoms with E-state index in [1.54, 1.807) is 0 Å². The van der Waals surface area contributed by atoms with E-state index in [2.05, 4.69) is 28.3 Å². The third-order valence-corrected chi connectivity index (χ3v) is 2.20. The zero-order valence-electron chi connectivity index (χ0n) is 8.13. The van der Waals surface area contributed by atoms with Gasteiger partial charge in [0.2, 0.25) is 0 Å². The van der Waals surface area contributed by atoms with Crippen molar-refractivity contribution in [3.05, 3.63) is 22.6 Å². The number of halogens is 1. The number of nitrogens with one attached hydrogen (secondary N) is 1. The molecule has 0 radical (unpaired) electrons. The SMILES string of the molecule is CCCOCC(NN)c1ccc(Br)o1. The molecule has 0 spiro atoms. The molecule has 0 saturated heterocycles. The summed E-state index contributed by atoms with van der Waals surface area (Å²) >= 11 is 3.24. The van der Waals surface area contributed by atoms with Crippen LogP contribution in [0.25, 0.3) is 0 Å². The van der Waals surface area contributed by atoms with Crippen LogP contribution in [0.1, 0.15) is 25.1 Å². The molecule has 1 aromatic rings. The maximum absolute atomic E-state index is 5.39. The van der Waals surface area contributed by atoms with Crippen molar-refractivity contribution in [3.63, 3.8) is 0 Å². The predicted molar refractivity (Wildman–Crippen MR) is 57.6 cm³/mol. The first-order valence-electron chi connectivity index (χ1n) is 4.57. The molecule has 0 bridgehead atoms. The first-order valence-corrected chi connectivity index (χ1v) is 5.36. The number of hydrazine groups is 1. The maximum atomic E-state index is 5.39. The molecule has 0 aromatic carbocycles. The molecule has 1 atom stereocenters. The van der Waals surface area contributed by atoms with E-state index < -0.39 is 0 Å². The minimum absolute atomic E-state index is 0.0900. The van der Waals surface area contributed by atoms with E-state index in [0.29, 0.717) is 11.3 Å².